The predicted molar refractivity (Wildman–Crippen MR) is 55.8 cm³/mol. The highest BCUT2D eigenvalue weighted by Gasteiger charge is 1.90. The van der Waals surface area contributed by atoms with Crippen LogP contribution in [-0.4, -0.2) is 19.0 Å². The molecule has 0 unspecified atom stereocenters. The van der Waals surface area contributed by atoms with Crippen LogP contribution in [0.2, 0.25) is 13.1 Å². The van der Waals surface area contributed by atoms with Crippen LogP contribution < -0.4 is 0 Å². The first kappa shape index (κ1) is 12.0. The van der Waals surface area contributed by atoms with Crippen LogP contribution in [0, 0.1) is 0 Å². The van der Waals surface area contributed by atoms with Gasteiger partial charge in [-0.15, -0.1) is 0 Å². The maximum Gasteiger partial charge on any atom is 0.105 e. The Balaban J connectivity index is 2.73. The van der Waals surface area contributed by atoms with E-state index in [1.54, 1.807) is 0 Å². The Hall–Kier alpha value is 0.0249. The lowest BCUT2D eigenvalue weighted by atomic mass is 9.76. The number of hydrogen-bond donors (Lipinski definition) is 1. The summed E-state index contributed by atoms with van der Waals surface area (Å²) in [7, 11) is 2.24. The van der Waals surface area contributed by atoms with Crippen LogP contribution in [0.3, 0.4) is 0 Å². The molecule has 0 fully saturated rings. The van der Waals surface area contributed by atoms with Crippen LogP contribution >= 0.6 is 0 Å². The molecule has 0 heterocycles. The van der Waals surface area contributed by atoms with E-state index in [9.17, 15) is 0 Å². The van der Waals surface area contributed by atoms with Crippen molar-refractivity contribution in [3.63, 3.8) is 0 Å². The van der Waals surface area contributed by atoms with Gasteiger partial charge in [-0.25, -0.2) is 0 Å². The zero-order valence-electron chi connectivity index (χ0n) is 8.39. The fraction of sp³-hybridized carbons (Fsp3) is 1.00. The summed E-state index contributed by atoms with van der Waals surface area (Å²) < 4.78 is 0. The van der Waals surface area contributed by atoms with Gasteiger partial charge in [0.2, 0.25) is 0 Å². The maximum atomic E-state index is 8.53. The van der Waals surface area contributed by atoms with Crippen LogP contribution in [0.4, 0.5) is 0 Å². The van der Waals surface area contributed by atoms with Crippen LogP contribution in [0.25, 0.3) is 0 Å². The quantitative estimate of drug-likeness (QED) is 0.415. The van der Waals surface area contributed by atoms with Gasteiger partial charge in [0.1, 0.15) is 7.28 Å². The Morgan fingerprint density at radius 3 is 1.83 bits per heavy atom. The molecule has 0 aliphatic carbocycles. The number of hydrogen-bond acceptors (Lipinski definition) is 1. The molecule has 0 saturated heterocycles. The number of unbranched alkanes of at least 4 members (excludes halogenated alkanes) is 6. The van der Waals surface area contributed by atoms with Crippen molar-refractivity contribution >= 4 is 7.28 Å². The molecule has 0 aromatic heterocycles. The van der Waals surface area contributed by atoms with Crippen LogP contribution in [0.5, 0.6) is 0 Å². The van der Waals surface area contributed by atoms with E-state index in [-0.39, 0.29) is 0 Å². The summed E-state index contributed by atoms with van der Waals surface area (Å²) in [4.78, 5) is 0. The Kier molecular flexibility index (Phi) is 11.0. The molecule has 0 bridgehead atoms. The highest BCUT2D eigenvalue weighted by atomic mass is 16.2. The van der Waals surface area contributed by atoms with Crippen molar-refractivity contribution in [1.82, 2.24) is 0 Å². The third-order valence-electron chi connectivity index (χ3n) is 2.15. The van der Waals surface area contributed by atoms with Crippen molar-refractivity contribution in [2.75, 3.05) is 6.61 Å². The highest BCUT2D eigenvalue weighted by molar-refractivity contribution is 6.33. The molecule has 1 N–H and O–H groups in total. The molecule has 0 saturated carbocycles. The highest BCUT2D eigenvalue weighted by Crippen LogP contribution is 2.08. The Morgan fingerprint density at radius 1 is 0.833 bits per heavy atom. The number of aliphatic hydroxyl groups excluding tert-OH is 1. The van der Waals surface area contributed by atoms with Crippen molar-refractivity contribution in [3.8, 4) is 0 Å². The molecule has 1 radical (unpaired) electrons. The van der Waals surface area contributed by atoms with Crippen LogP contribution in [0.15, 0.2) is 0 Å². The molecule has 1 nitrogen and oxygen atoms in total. The summed E-state index contributed by atoms with van der Waals surface area (Å²) in [5, 5.41) is 8.53. The summed E-state index contributed by atoms with van der Waals surface area (Å²) in [6.07, 6.45) is 10.2. The normalized spacial score (nSPS) is 10.2. The molecule has 0 rings (SSSR count). The number of aliphatic hydroxyl groups is 1. The molecule has 0 spiro atoms. The van der Waals surface area contributed by atoms with E-state index in [4.69, 9.17) is 5.11 Å². The van der Waals surface area contributed by atoms with E-state index in [0.29, 0.717) is 6.61 Å². The van der Waals surface area contributed by atoms with Gasteiger partial charge in [0.05, 0.1) is 0 Å². The standard InChI is InChI=1S/C10H22BO/c1-11-9-7-5-3-2-4-6-8-10-12/h12H,2-10H2,1H3. The molecule has 2 heteroatoms. The van der Waals surface area contributed by atoms with Crippen LogP contribution in [0.1, 0.15) is 44.9 Å². The van der Waals surface area contributed by atoms with Crippen molar-refractivity contribution in [2.24, 2.45) is 0 Å². The topological polar surface area (TPSA) is 20.2 Å². The summed E-state index contributed by atoms with van der Waals surface area (Å²) in [6, 6.07) is 0. The SMILES string of the molecule is C[B]CCCCCCCCCO. The Morgan fingerprint density at radius 2 is 1.33 bits per heavy atom. The average molecular weight is 169 g/mol. The van der Waals surface area contributed by atoms with E-state index < -0.39 is 0 Å². The molecule has 0 aromatic rings. The molecular formula is C10H22BO. The van der Waals surface area contributed by atoms with Crippen molar-refractivity contribution in [2.45, 2.75) is 58.1 Å². The molecule has 71 valence electrons. The summed E-state index contributed by atoms with van der Waals surface area (Å²) in [6.45, 7) is 2.49. The van der Waals surface area contributed by atoms with Crippen LogP contribution in [-0.2, 0) is 0 Å². The smallest absolute Gasteiger partial charge is 0.105 e. The minimum atomic E-state index is 0.366. The van der Waals surface area contributed by atoms with Gasteiger partial charge in [0, 0.05) is 6.61 Å². The third kappa shape index (κ3) is 10.0. The molecular weight excluding hydrogens is 147 g/mol. The Bertz CT molecular complexity index is 66.2. The molecule has 0 amide bonds. The fourth-order valence-electron chi connectivity index (χ4n) is 1.34. The van der Waals surface area contributed by atoms with Gasteiger partial charge < -0.3 is 5.11 Å². The summed E-state index contributed by atoms with van der Waals surface area (Å²) >= 11 is 0. The zero-order chi connectivity index (χ0) is 9.07. The first-order chi connectivity index (χ1) is 5.91. The second-order valence-electron chi connectivity index (χ2n) is 3.40. The van der Waals surface area contributed by atoms with E-state index >= 15 is 0 Å². The minimum Gasteiger partial charge on any atom is -0.396 e. The van der Waals surface area contributed by atoms with Crippen molar-refractivity contribution in [3.05, 3.63) is 0 Å². The average Bonchev–Trinajstić information content (AvgIpc) is 2.10. The Labute approximate surface area is 77.8 Å². The summed E-state index contributed by atoms with van der Waals surface area (Å²) in [5.41, 5.74) is 0. The first-order valence-electron chi connectivity index (χ1n) is 5.30. The first-order valence-corrected chi connectivity index (χ1v) is 5.30. The monoisotopic (exact) mass is 169 g/mol. The van der Waals surface area contributed by atoms with Crippen molar-refractivity contribution < 1.29 is 5.11 Å². The van der Waals surface area contributed by atoms with E-state index in [1.165, 1.54) is 44.8 Å². The largest absolute Gasteiger partial charge is 0.396 e. The van der Waals surface area contributed by atoms with Gasteiger partial charge in [-0.2, -0.15) is 0 Å². The molecule has 12 heavy (non-hydrogen) atoms. The minimum absolute atomic E-state index is 0.366. The molecule has 0 aliphatic rings. The molecule has 0 aliphatic heterocycles. The lowest BCUT2D eigenvalue weighted by Gasteiger charge is -1.99. The lowest BCUT2D eigenvalue weighted by Crippen LogP contribution is -1.85. The van der Waals surface area contributed by atoms with Crippen molar-refractivity contribution in [1.29, 1.82) is 0 Å². The van der Waals surface area contributed by atoms with E-state index in [0.717, 1.165) is 6.42 Å². The molecule has 0 atom stereocenters. The van der Waals surface area contributed by atoms with E-state index in [2.05, 4.69) is 14.1 Å². The third-order valence-corrected chi connectivity index (χ3v) is 2.15. The lowest BCUT2D eigenvalue weighted by molar-refractivity contribution is 0.282. The second-order valence-corrected chi connectivity index (χ2v) is 3.40. The summed E-state index contributed by atoms with van der Waals surface area (Å²) in [5.74, 6) is 0. The van der Waals surface area contributed by atoms with Gasteiger partial charge >= 0.3 is 0 Å². The molecule has 0 aromatic carbocycles. The fourth-order valence-corrected chi connectivity index (χ4v) is 1.34. The van der Waals surface area contributed by atoms with Gasteiger partial charge in [0.15, 0.2) is 0 Å². The maximum absolute atomic E-state index is 8.53. The van der Waals surface area contributed by atoms with Gasteiger partial charge in [-0.05, 0) is 6.42 Å². The van der Waals surface area contributed by atoms with Gasteiger partial charge in [0.25, 0.3) is 0 Å². The number of rotatable bonds is 9. The zero-order valence-corrected chi connectivity index (χ0v) is 8.39. The van der Waals surface area contributed by atoms with E-state index in [1.807, 2.05) is 0 Å². The van der Waals surface area contributed by atoms with Gasteiger partial charge in [-0.1, -0.05) is 51.7 Å². The predicted octanol–water partition coefficient (Wildman–Crippen LogP) is 2.88. The second kappa shape index (κ2) is 11.0. The van der Waals surface area contributed by atoms with Gasteiger partial charge in [-0.3, -0.25) is 0 Å².